The molecule has 0 spiro atoms. The topological polar surface area (TPSA) is 120 Å². The number of rotatable bonds is 4. The Bertz CT molecular complexity index is 1700. The molecule has 0 aliphatic carbocycles. The molecule has 0 unspecified atom stereocenters. The standard InChI is InChI=1S/C25H19FN8O/c1-34(2)16-8-14(11-27-12-16)18-3-4-20-23(29-18)24(33-32-20)25-30-19-5-6-28-21(22(19)31-25)13-7-15(26)10-17(35)9-13/h3-12,35H,1-2H3,(H,30,31)(H,32,33). The van der Waals surface area contributed by atoms with Crippen molar-refractivity contribution in [1.29, 1.82) is 0 Å². The molecule has 10 heteroatoms. The number of pyridine rings is 3. The highest BCUT2D eigenvalue weighted by Gasteiger charge is 2.18. The number of aromatic amines is 2. The van der Waals surface area contributed by atoms with Crippen LogP contribution in [0.25, 0.3) is 56.1 Å². The number of halogens is 1. The number of fused-ring (bicyclic) bond motifs is 2. The van der Waals surface area contributed by atoms with Gasteiger partial charge in [0.1, 0.15) is 22.6 Å². The van der Waals surface area contributed by atoms with Gasteiger partial charge in [-0.3, -0.25) is 15.1 Å². The van der Waals surface area contributed by atoms with E-state index >= 15 is 0 Å². The monoisotopic (exact) mass is 466 g/mol. The molecule has 1 aromatic carbocycles. The molecule has 5 aromatic heterocycles. The molecule has 0 aliphatic rings. The summed E-state index contributed by atoms with van der Waals surface area (Å²) < 4.78 is 13.9. The largest absolute Gasteiger partial charge is 0.508 e. The van der Waals surface area contributed by atoms with Crippen molar-refractivity contribution < 1.29 is 9.50 Å². The molecule has 5 heterocycles. The summed E-state index contributed by atoms with van der Waals surface area (Å²) in [6, 6.07) is 11.4. The first-order valence-corrected chi connectivity index (χ1v) is 10.8. The second kappa shape index (κ2) is 7.87. The van der Waals surface area contributed by atoms with E-state index in [2.05, 4.69) is 25.1 Å². The van der Waals surface area contributed by atoms with Gasteiger partial charge in [-0.25, -0.2) is 14.4 Å². The number of H-pyrrole nitrogens is 2. The molecular weight excluding hydrogens is 447 g/mol. The predicted octanol–water partition coefficient (Wildman–Crippen LogP) is 4.54. The third kappa shape index (κ3) is 3.61. The van der Waals surface area contributed by atoms with Gasteiger partial charge in [0.25, 0.3) is 0 Å². The normalized spacial score (nSPS) is 11.4. The molecular formula is C25H19FN8O. The van der Waals surface area contributed by atoms with Gasteiger partial charge < -0.3 is 15.0 Å². The number of phenolic OH excluding ortho intramolecular Hbond substituents is 1. The Labute approximate surface area is 198 Å². The second-order valence-electron chi connectivity index (χ2n) is 8.33. The molecule has 0 atom stereocenters. The molecule has 0 radical (unpaired) electrons. The van der Waals surface area contributed by atoms with Gasteiger partial charge in [0.05, 0.1) is 34.3 Å². The van der Waals surface area contributed by atoms with Gasteiger partial charge in [0.2, 0.25) is 0 Å². The van der Waals surface area contributed by atoms with Gasteiger partial charge in [-0.15, -0.1) is 0 Å². The number of aromatic nitrogens is 7. The van der Waals surface area contributed by atoms with Crippen molar-refractivity contribution in [3.63, 3.8) is 0 Å². The van der Waals surface area contributed by atoms with Crippen molar-refractivity contribution in [2.75, 3.05) is 19.0 Å². The van der Waals surface area contributed by atoms with Crippen LogP contribution in [0.5, 0.6) is 5.75 Å². The molecule has 0 saturated carbocycles. The smallest absolute Gasteiger partial charge is 0.161 e. The number of phenols is 1. The zero-order valence-electron chi connectivity index (χ0n) is 18.8. The molecule has 0 amide bonds. The minimum absolute atomic E-state index is 0.183. The maximum absolute atomic E-state index is 13.9. The lowest BCUT2D eigenvalue weighted by atomic mass is 10.1. The highest BCUT2D eigenvalue weighted by molar-refractivity contribution is 5.95. The number of benzene rings is 1. The number of nitrogens with zero attached hydrogens (tertiary/aromatic N) is 6. The van der Waals surface area contributed by atoms with Crippen LogP contribution in [-0.2, 0) is 0 Å². The lowest BCUT2D eigenvalue weighted by molar-refractivity contribution is 0.469. The van der Waals surface area contributed by atoms with Gasteiger partial charge >= 0.3 is 0 Å². The maximum Gasteiger partial charge on any atom is 0.161 e. The third-order valence-corrected chi connectivity index (χ3v) is 5.72. The minimum atomic E-state index is -0.558. The zero-order chi connectivity index (χ0) is 24.1. The van der Waals surface area contributed by atoms with E-state index in [0.717, 1.165) is 28.5 Å². The second-order valence-corrected chi connectivity index (χ2v) is 8.33. The number of hydrogen-bond acceptors (Lipinski definition) is 7. The van der Waals surface area contributed by atoms with E-state index < -0.39 is 5.82 Å². The molecule has 35 heavy (non-hydrogen) atoms. The highest BCUT2D eigenvalue weighted by atomic mass is 19.1. The van der Waals surface area contributed by atoms with Gasteiger partial charge in [-0.1, -0.05) is 0 Å². The Kier molecular flexibility index (Phi) is 4.66. The molecule has 172 valence electrons. The lowest BCUT2D eigenvalue weighted by Gasteiger charge is -2.12. The Hall–Kier alpha value is -4.86. The highest BCUT2D eigenvalue weighted by Crippen LogP contribution is 2.32. The van der Waals surface area contributed by atoms with Crippen molar-refractivity contribution in [2.45, 2.75) is 0 Å². The van der Waals surface area contributed by atoms with Crippen molar-refractivity contribution in [3.8, 4) is 39.8 Å². The van der Waals surface area contributed by atoms with Crippen LogP contribution in [0, 0.1) is 5.82 Å². The van der Waals surface area contributed by atoms with Gasteiger partial charge in [-0.05, 0) is 36.4 Å². The van der Waals surface area contributed by atoms with E-state index in [1.807, 2.05) is 37.2 Å². The number of hydrogen-bond donors (Lipinski definition) is 3. The molecule has 3 N–H and O–H groups in total. The molecule has 0 aliphatic heterocycles. The summed E-state index contributed by atoms with van der Waals surface area (Å²) in [6.07, 6.45) is 5.17. The maximum atomic E-state index is 13.9. The van der Waals surface area contributed by atoms with Gasteiger partial charge in [0.15, 0.2) is 11.5 Å². The molecule has 0 fully saturated rings. The summed E-state index contributed by atoms with van der Waals surface area (Å²) in [5.74, 6) is -0.249. The van der Waals surface area contributed by atoms with Crippen LogP contribution in [0.2, 0.25) is 0 Å². The number of nitrogens with one attached hydrogen (secondary N) is 2. The Morgan fingerprint density at radius 1 is 0.886 bits per heavy atom. The quantitative estimate of drug-likeness (QED) is 0.349. The van der Waals surface area contributed by atoms with Crippen molar-refractivity contribution in [3.05, 3.63) is 66.9 Å². The minimum Gasteiger partial charge on any atom is -0.508 e. The molecule has 9 nitrogen and oxygen atoms in total. The molecule has 6 rings (SSSR count). The van der Waals surface area contributed by atoms with Crippen LogP contribution in [0.4, 0.5) is 10.1 Å². The van der Waals surface area contributed by atoms with Crippen molar-refractivity contribution in [1.82, 2.24) is 35.1 Å². The summed E-state index contributed by atoms with van der Waals surface area (Å²) in [7, 11) is 3.92. The van der Waals surface area contributed by atoms with Crippen LogP contribution in [0.1, 0.15) is 0 Å². The molecule has 0 bridgehead atoms. The Balaban J connectivity index is 1.48. The van der Waals surface area contributed by atoms with E-state index in [1.54, 1.807) is 24.7 Å². The van der Waals surface area contributed by atoms with Gasteiger partial charge in [-0.2, -0.15) is 5.10 Å². The Morgan fingerprint density at radius 2 is 1.74 bits per heavy atom. The van der Waals surface area contributed by atoms with E-state index in [-0.39, 0.29) is 5.75 Å². The zero-order valence-corrected chi connectivity index (χ0v) is 18.8. The first-order valence-electron chi connectivity index (χ1n) is 10.8. The van der Waals surface area contributed by atoms with Crippen LogP contribution in [-0.4, -0.2) is 54.3 Å². The average molecular weight is 466 g/mol. The number of imidazole rings is 1. The van der Waals surface area contributed by atoms with E-state index in [0.29, 0.717) is 39.3 Å². The van der Waals surface area contributed by atoms with Crippen LogP contribution in [0.15, 0.2) is 61.1 Å². The number of aromatic hydroxyl groups is 1. The van der Waals surface area contributed by atoms with E-state index in [9.17, 15) is 9.50 Å². The fourth-order valence-electron chi connectivity index (χ4n) is 4.01. The predicted molar refractivity (Wildman–Crippen MR) is 131 cm³/mol. The fourth-order valence-corrected chi connectivity index (χ4v) is 4.01. The lowest BCUT2D eigenvalue weighted by Crippen LogP contribution is -2.08. The van der Waals surface area contributed by atoms with E-state index in [1.165, 1.54) is 12.1 Å². The Morgan fingerprint density at radius 3 is 2.57 bits per heavy atom. The van der Waals surface area contributed by atoms with Crippen LogP contribution >= 0.6 is 0 Å². The van der Waals surface area contributed by atoms with Crippen LogP contribution < -0.4 is 4.90 Å². The van der Waals surface area contributed by atoms with Crippen LogP contribution in [0.3, 0.4) is 0 Å². The molecule has 0 saturated heterocycles. The van der Waals surface area contributed by atoms with Crippen molar-refractivity contribution >= 4 is 27.8 Å². The molecule has 6 aromatic rings. The summed E-state index contributed by atoms with van der Waals surface area (Å²) >= 11 is 0. The summed E-state index contributed by atoms with van der Waals surface area (Å²) in [5.41, 5.74) is 6.65. The third-order valence-electron chi connectivity index (χ3n) is 5.72. The summed E-state index contributed by atoms with van der Waals surface area (Å²) in [6.45, 7) is 0. The van der Waals surface area contributed by atoms with Gasteiger partial charge in [0, 0.05) is 43.7 Å². The SMILES string of the molecule is CN(C)c1cncc(-c2ccc3[nH]nc(-c4nc5c(-c6cc(O)cc(F)c6)nccc5[nH]4)c3n2)c1. The summed E-state index contributed by atoms with van der Waals surface area (Å²) in [4.78, 5) is 23.5. The first kappa shape index (κ1) is 20.7. The number of anilines is 1. The fraction of sp³-hybridized carbons (Fsp3) is 0.0800. The van der Waals surface area contributed by atoms with E-state index in [4.69, 9.17) is 9.97 Å². The average Bonchev–Trinajstić information content (AvgIpc) is 3.47. The van der Waals surface area contributed by atoms with Crippen molar-refractivity contribution in [2.24, 2.45) is 0 Å². The summed E-state index contributed by atoms with van der Waals surface area (Å²) in [5, 5.41) is 17.3. The first-order chi connectivity index (χ1) is 17.0.